The van der Waals surface area contributed by atoms with Gasteiger partial charge >= 0.3 is 5.97 Å². The van der Waals surface area contributed by atoms with Crippen LogP contribution in [-0.2, 0) is 22.4 Å². The van der Waals surface area contributed by atoms with Gasteiger partial charge in [-0.25, -0.2) is 4.79 Å². The molecule has 1 aromatic heterocycles. The number of carboxylic acid groups (broad SMARTS) is 1. The highest BCUT2D eigenvalue weighted by Crippen LogP contribution is 2.44. The number of nitrogens with two attached hydrogens (primary N) is 2. The predicted molar refractivity (Wildman–Crippen MR) is 161 cm³/mol. The molecule has 11 N–H and O–H groups in total. The number of hydrogen-bond donors (Lipinski definition) is 9. The number of hydrogen-bond acceptors (Lipinski definition) is 12. The molecule has 2 heterocycles. The second-order valence-corrected chi connectivity index (χ2v) is 10.7. The number of carboxylic acids is 1. The average molecular weight is 638 g/mol. The Balaban J connectivity index is 1.60. The molecule has 46 heavy (non-hydrogen) atoms. The zero-order valence-electron chi connectivity index (χ0n) is 24.0. The Labute approximate surface area is 259 Å². The third-order valence-corrected chi connectivity index (χ3v) is 7.68. The number of phenols is 3. The summed E-state index contributed by atoms with van der Waals surface area (Å²) >= 11 is 0. The van der Waals surface area contributed by atoms with Crippen LogP contribution >= 0.6 is 0 Å². The first kappa shape index (κ1) is 32.1. The van der Waals surface area contributed by atoms with E-state index in [-0.39, 0.29) is 29.1 Å². The highest BCUT2D eigenvalue weighted by molar-refractivity contribution is 5.90. The standard InChI is InChI=1S/C31H31N3O12/c32-30(33)34-13-31(43)26(39)25(28(41)42)46-29(27(31)40)45-19-12-18-20(23(38)22(19)37)21(36)17(11-6-14-4-2-1-3-5-14)24(44-18)15-7-9-16(35)10-8-15/h1-5,7-10,12,25-27,29,35,37-40,43H,6,11,13H2,(H,41,42)(H4,32,33,34)/t25-,26+,27-,29+,31-/m0/s1. The van der Waals surface area contributed by atoms with Crippen LogP contribution in [0.2, 0.25) is 0 Å². The Morgan fingerprint density at radius 1 is 0.957 bits per heavy atom. The summed E-state index contributed by atoms with van der Waals surface area (Å²) in [6, 6.07) is 16.1. The van der Waals surface area contributed by atoms with E-state index < -0.39 is 76.7 Å². The third-order valence-electron chi connectivity index (χ3n) is 7.68. The summed E-state index contributed by atoms with van der Waals surface area (Å²) in [5.41, 5.74) is 8.43. The number of aliphatic imine (C=N–C) groups is 1. The molecule has 0 saturated carbocycles. The maximum absolute atomic E-state index is 13.9. The second kappa shape index (κ2) is 12.6. The number of ether oxygens (including phenoxy) is 2. The van der Waals surface area contributed by atoms with Crippen LogP contribution in [0.1, 0.15) is 11.1 Å². The number of aliphatic carboxylic acids is 1. The van der Waals surface area contributed by atoms with Crippen molar-refractivity contribution >= 4 is 22.9 Å². The minimum atomic E-state index is -2.71. The van der Waals surface area contributed by atoms with E-state index in [4.69, 9.17) is 25.4 Å². The van der Waals surface area contributed by atoms with Crippen molar-refractivity contribution in [2.24, 2.45) is 16.5 Å². The molecule has 1 aliphatic rings. The largest absolute Gasteiger partial charge is 0.508 e. The van der Waals surface area contributed by atoms with E-state index in [9.17, 15) is 45.3 Å². The second-order valence-electron chi connectivity index (χ2n) is 10.7. The fraction of sp³-hybridized carbons (Fsp3) is 0.258. The number of phenolic OH excluding ortho intramolecular Hbond substituents is 3. The topological polar surface area (TPSA) is 272 Å². The van der Waals surface area contributed by atoms with Gasteiger partial charge in [-0.05, 0) is 42.7 Å². The van der Waals surface area contributed by atoms with Crippen molar-refractivity contribution in [3.05, 3.63) is 82.0 Å². The molecule has 15 heteroatoms. The number of rotatable bonds is 9. The van der Waals surface area contributed by atoms with Gasteiger partial charge in [0.25, 0.3) is 0 Å². The third kappa shape index (κ3) is 5.99. The number of aliphatic hydroxyl groups excluding tert-OH is 2. The molecule has 1 saturated heterocycles. The van der Waals surface area contributed by atoms with Crippen molar-refractivity contribution in [3.63, 3.8) is 0 Å². The molecule has 0 spiro atoms. The number of aliphatic hydroxyl groups is 3. The number of nitrogens with zero attached hydrogens (tertiary/aromatic N) is 1. The lowest BCUT2D eigenvalue weighted by molar-refractivity contribution is -0.303. The van der Waals surface area contributed by atoms with E-state index in [0.717, 1.165) is 11.6 Å². The van der Waals surface area contributed by atoms with Crippen LogP contribution < -0.4 is 21.6 Å². The van der Waals surface area contributed by atoms with Crippen molar-refractivity contribution in [3.8, 4) is 34.3 Å². The smallest absolute Gasteiger partial charge is 0.335 e. The minimum absolute atomic E-state index is 0.0356. The first-order chi connectivity index (χ1) is 21.8. The van der Waals surface area contributed by atoms with E-state index in [2.05, 4.69) is 4.99 Å². The molecule has 0 radical (unpaired) electrons. The Kier molecular flexibility index (Phi) is 8.76. The molecular weight excluding hydrogens is 606 g/mol. The molecule has 3 aromatic carbocycles. The molecule has 0 amide bonds. The van der Waals surface area contributed by atoms with Crippen molar-refractivity contribution < 1.29 is 54.4 Å². The molecule has 15 nitrogen and oxygen atoms in total. The normalized spacial score (nSPS) is 22.8. The lowest BCUT2D eigenvalue weighted by Crippen LogP contribution is -2.70. The fourth-order valence-corrected chi connectivity index (χ4v) is 5.20. The predicted octanol–water partition coefficient (Wildman–Crippen LogP) is 0.277. The number of benzene rings is 3. The van der Waals surface area contributed by atoms with Crippen molar-refractivity contribution in [1.82, 2.24) is 0 Å². The van der Waals surface area contributed by atoms with Crippen LogP contribution in [0.5, 0.6) is 23.0 Å². The number of carbonyl (C=O) groups is 1. The Hall–Kier alpha value is -5.35. The van der Waals surface area contributed by atoms with Crippen molar-refractivity contribution in [1.29, 1.82) is 0 Å². The summed E-state index contributed by atoms with van der Waals surface area (Å²) < 4.78 is 16.8. The number of guanidine groups is 1. The SMILES string of the molecule is NC(N)=NC[C@]1(O)[C@H](O)[C@@H](C(=O)O)O[C@@H](Oc2cc3oc(-c4ccc(O)cc4)c(CCc4ccccc4)c(=O)c3c(O)c2O)[C@@H]1O. The Morgan fingerprint density at radius 3 is 2.26 bits per heavy atom. The van der Waals surface area contributed by atoms with Crippen LogP contribution in [0, 0.1) is 0 Å². The average Bonchev–Trinajstić information content (AvgIpc) is 3.02. The lowest BCUT2D eigenvalue weighted by atomic mass is 9.84. The molecule has 242 valence electrons. The van der Waals surface area contributed by atoms with Gasteiger partial charge in [0.05, 0.1) is 6.54 Å². The van der Waals surface area contributed by atoms with Gasteiger partial charge in [0.15, 0.2) is 29.0 Å². The highest BCUT2D eigenvalue weighted by atomic mass is 16.7. The van der Waals surface area contributed by atoms with Crippen LogP contribution in [0.3, 0.4) is 0 Å². The van der Waals surface area contributed by atoms with Crippen LogP contribution in [0.4, 0.5) is 0 Å². The minimum Gasteiger partial charge on any atom is -0.508 e. The molecule has 0 aliphatic carbocycles. The van der Waals surface area contributed by atoms with Crippen LogP contribution in [0.15, 0.2) is 74.9 Å². The Bertz CT molecular complexity index is 1840. The van der Waals surface area contributed by atoms with Gasteiger partial charge in [-0.15, -0.1) is 0 Å². The number of aryl methyl sites for hydroxylation is 1. The number of fused-ring (bicyclic) bond motifs is 1. The monoisotopic (exact) mass is 637 g/mol. The molecule has 1 fully saturated rings. The van der Waals surface area contributed by atoms with Crippen LogP contribution in [0.25, 0.3) is 22.3 Å². The summed E-state index contributed by atoms with van der Waals surface area (Å²) in [7, 11) is 0. The van der Waals surface area contributed by atoms with Gasteiger partial charge in [-0.2, -0.15) is 0 Å². The van der Waals surface area contributed by atoms with Gasteiger partial charge in [0.1, 0.15) is 40.3 Å². The summed E-state index contributed by atoms with van der Waals surface area (Å²) in [5.74, 6) is -4.80. The first-order valence-electron chi connectivity index (χ1n) is 13.9. The van der Waals surface area contributed by atoms with Gasteiger partial charge in [0.2, 0.25) is 12.0 Å². The van der Waals surface area contributed by atoms with Gasteiger partial charge in [-0.1, -0.05) is 30.3 Å². The summed E-state index contributed by atoms with van der Waals surface area (Å²) in [5, 5.41) is 73.4. The van der Waals surface area contributed by atoms with E-state index in [1.165, 1.54) is 24.3 Å². The lowest BCUT2D eigenvalue weighted by Gasteiger charge is -2.45. The molecular formula is C31H31N3O12. The summed E-state index contributed by atoms with van der Waals surface area (Å²) in [4.78, 5) is 29.3. The van der Waals surface area contributed by atoms with Gasteiger partial charge in [-0.3, -0.25) is 9.79 Å². The molecule has 5 atom stereocenters. The van der Waals surface area contributed by atoms with Crippen LogP contribution in [-0.4, -0.2) is 84.4 Å². The zero-order chi connectivity index (χ0) is 33.3. The summed E-state index contributed by atoms with van der Waals surface area (Å²) in [6.45, 7) is -0.865. The molecule has 4 aromatic rings. The van der Waals surface area contributed by atoms with Gasteiger partial charge in [0, 0.05) is 17.2 Å². The van der Waals surface area contributed by atoms with Gasteiger partial charge < -0.3 is 61.1 Å². The zero-order valence-corrected chi connectivity index (χ0v) is 24.0. The number of aromatic hydroxyl groups is 3. The van der Waals surface area contributed by atoms with Crippen molar-refractivity contribution in [2.75, 3.05) is 6.54 Å². The summed E-state index contributed by atoms with van der Waals surface area (Å²) in [6.07, 6.45) is -8.09. The Morgan fingerprint density at radius 2 is 1.63 bits per heavy atom. The molecule has 5 rings (SSSR count). The fourth-order valence-electron chi connectivity index (χ4n) is 5.20. The first-order valence-corrected chi connectivity index (χ1v) is 13.9. The maximum Gasteiger partial charge on any atom is 0.335 e. The van der Waals surface area contributed by atoms with E-state index in [0.29, 0.717) is 12.0 Å². The maximum atomic E-state index is 13.9. The highest BCUT2D eigenvalue weighted by Gasteiger charge is 2.58. The van der Waals surface area contributed by atoms with E-state index in [1.54, 1.807) is 0 Å². The molecule has 1 aliphatic heterocycles. The van der Waals surface area contributed by atoms with Crippen molar-refractivity contribution in [2.45, 2.75) is 43.0 Å². The molecule has 0 unspecified atom stereocenters. The molecule has 0 bridgehead atoms. The quantitative estimate of drug-likeness (QED) is 0.0677. The van der Waals surface area contributed by atoms with E-state index >= 15 is 0 Å². The van der Waals surface area contributed by atoms with E-state index in [1.807, 2.05) is 30.3 Å².